The Morgan fingerprint density at radius 1 is 1.12 bits per heavy atom. The maximum Gasteiger partial charge on any atom is 0.416 e. The van der Waals surface area contributed by atoms with Crippen LogP contribution < -0.4 is 10.1 Å². The molecule has 2 aromatic carbocycles. The molecule has 0 aliphatic heterocycles. The van der Waals surface area contributed by atoms with Crippen molar-refractivity contribution in [3.05, 3.63) is 83.7 Å². The lowest BCUT2D eigenvalue weighted by atomic mass is 10.1. The van der Waals surface area contributed by atoms with Crippen LogP contribution in [0.15, 0.2) is 67.0 Å². The van der Waals surface area contributed by atoms with E-state index < -0.39 is 11.7 Å². The molecule has 2 aromatic heterocycles. The van der Waals surface area contributed by atoms with Crippen LogP contribution in [0.4, 0.5) is 18.9 Å². The number of rotatable bonds is 5. The van der Waals surface area contributed by atoms with Crippen molar-refractivity contribution in [1.82, 2.24) is 9.38 Å². The number of fused-ring (bicyclic) bond motifs is 1. The molecule has 0 radical (unpaired) electrons. The van der Waals surface area contributed by atoms with Crippen LogP contribution in [0.2, 0.25) is 0 Å². The van der Waals surface area contributed by atoms with E-state index >= 15 is 0 Å². The third-order valence-electron chi connectivity index (χ3n) is 5.09. The number of carbonyl (C=O) groups excluding carboxylic acids is 1. The standard InChI is InChI=1S/C24H20F3N3O2/c1-15-4-3-11-30-14-20(29-23(15)30)17-7-10-21(32-2)19(13-17)28-22(31)12-16-5-8-18(9-6-16)24(25,26)27/h3-11,13-14H,12H2,1-2H3,(H,28,31). The smallest absolute Gasteiger partial charge is 0.416 e. The highest BCUT2D eigenvalue weighted by Crippen LogP contribution is 2.31. The highest BCUT2D eigenvalue weighted by atomic mass is 19.4. The number of pyridine rings is 1. The summed E-state index contributed by atoms with van der Waals surface area (Å²) in [5.41, 5.74) is 3.58. The number of nitrogens with one attached hydrogen (secondary N) is 1. The number of ether oxygens (including phenoxy) is 1. The zero-order valence-corrected chi connectivity index (χ0v) is 17.4. The molecule has 0 atom stereocenters. The third-order valence-corrected chi connectivity index (χ3v) is 5.09. The first-order valence-corrected chi connectivity index (χ1v) is 9.83. The number of halogens is 3. The summed E-state index contributed by atoms with van der Waals surface area (Å²) in [5.74, 6) is 0.0977. The molecule has 0 unspecified atom stereocenters. The van der Waals surface area contributed by atoms with Crippen molar-refractivity contribution in [3.8, 4) is 17.0 Å². The number of hydrogen-bond acceptors (Lipinski definition) is 3. The van der Waals surface area contributed by atoms with Crippen LogP contribution in [0.5, 0.6) is 5.75 Å². The second kappa shape index (κ2) is 8.37. The van der Waals surface area contributed by atoms with Gasteiger partial charge in [0.05, 0.1) is 30.5 Å². The van der Waals surface area contributed by atoms with E-state index in [-0.39, 0.29) is 12.3 Å². The van der Waals surface area contributed by atoms with Gasteiger partial charge in [0, 0.05) is 18.0 Å². The lowest BCUT2D eigenvalue weighted by Crippen LogP contribution is -2.15. The van der Waals surface area contributed by atoms with Crippen molar-refractivity contribution in [2.45, 2.75) is 19.5 Å². The maximum atomic E-state index is 12.7. The molecule has 2 heterocycles. The first kappa shape index (κ1) is 21.4. The van der Waals surface area contributed by atoms with Gasteiger partial charge >= 0.3 is 6.18 Å². The zero-order chi connectivity index (χ0) is 22.9. The molecule has 1 N–H and O–H groups in total. The lowest BCUT2D eigenvalue weighted by molar-refractivity contribution is -0.137. The Balaban J connectivity index is 1.56. The fourth-order valence-corrected chi connectivity index (χ4v) is 3.45. The first-order chi connectivity index (χ1) is 15.2. The number of aromatic nitrogens is 2. The summed E-state index contributed by atoms with van der Waals surface area (Å²) in [6.45, 7) is 1.98. The van der Waals surface area contributed by atoms with Gasteiger partial charge < -0.3 is 14.5 Å². The number of nitrogens with zero attached hydrogens (tertiary/aromatic N) is 2. The van der Waals surface area contributed by atoms with Gasteiger partial charge in [0.15, 0.2) is 0 Å². The molecular weight excluding hydrogens is 419 g/mol. The zero-order valence-electron chi connectivity index (χ0n) is 17.4. The van der Waals surface area contributed by atoms with Crippen molar-refractivity contribution in [1.29, 1.82) is 0 Å². The monoisotopic (exact) mass is 439 g/mol. The van der Waals surface area contributed by atoms with Crippen molar-refractivity contribution in [2.75, 3.05) is 12.4 Å². The van der Waals surface area contributed by atoms with E-state index in [1.807, 2.05) is 41.9 Å². The van der Waals surface area contributed by atoms with Crippen LogP contribution in [0.1, 0.15) is 16.7 Å². The molecule has 4 rings (SSSR count). The largest absolute Gasteiger partial charge is 0.495 e. The van der Waals surface area contributed by atoms with E-state index in [1.165, 1.54) is 19.2 Å². The molecule has 0 fully saturated rings. The molecule has 32 heavy (non-hydrogen) atoms. The summed E-state index contributed by atoms with van der Waals surface area (Å²) in [6.07, 6.45) is -0.669. The fourth-order valence-electron chi connectivity index (χ4n) is 3.45. The number of imidazole rings is 1. The molecular formula is C24H20F3N3O2. The van der Waals surface area contributed by atoms with Gasteiger partial charge in [-0.15, -0.1) is 0 Å². The van der Waals surface area contributed by atoms with Crippen LogP contribution >= 0.6 is 0 Å². The minimum Gasteiger partial charge on any atom is -0.495 e. The summed E-state index contributed by atoms with van der Waals surface area (Å²) < 4.78 is 45.4. The van der Waals surface area contributed by atoms with Crippen molar-refractivity contribution < 1.29 is 22.7 Å². The highest BCUT2D eigenvalue weighted by molar-refractivity contribution is 5.94. The Kier molecular flexibility index (Phi) is 5.61. The van der Waals surface area contributed by atoms with E-state index in [0.29, 0.717) is 17.0 Å². The van der Waals surface area contributed by atoms with E-state index in [2.05, 4.69) is 10.3 Å². The number of methoxy groups -OCH3 is 1. The molecule has 0 saturated heterocycles. The van der Waals surface area contributed by atoms with Gasteiger partial charge in [-0.3, -0.25) is 4.79 Å². The first-order valence-electron chi connectivity index (χ1n) is 9.83. The van der Waals surface area contributed by atoms with Crippen LogP contribution in [0.25, 0.3) is 16.9 Å². The van der Waals surface area contributed by atoms with E-state index in [4.69, 9.17) is 4.74 Å². The Hall–Kier alpha value is -3.81. The SMILES string of the molecule is COc1ccc(-c2cn3cccc(C)c3n2)cc1NC(=O)Cc1ccc(C(F)(F)F)cc1. The number of hydrogen-bond donors (Lipinski definition) is 1. The second-order valence-corrected chi connectivity index (χ2v) is 7.38. The van der Waals surface area contributed by atoms with Crippen LogP contribution in [0, 0.1) is 6.92 Å². The van der Waals surface area contributed by atoms with Gasteiger partial charge in [-0.05, 0) is 54.4 Å². The molecule has 0 saturated carbocycles. The molecule has 0 aliphatic rings. The highest BCUT2D eigenvalue weighted by Gasteiger charge is 2.30. The lowest BCUT2D eigenvalue weighted by Gasteiger charge is -2.12. The summed E-state index contributed by atoms with van der Waals surface area (Å²) in [5, 5.41) is 2.79. The van der Waals surface area contributed by atoms with Crippen molar-refractivity contribution >= 4 is 17.2 Å². The van der Waals surface area contributed by atoms with E-state index in [9.17, 15) is 18.0 Å². The molecule has 8 heteroatoms. The minimum absolute atomic E-state index is 0.0704. The summed E-state index contributed by atoms with van der Waals surface area (Å²) in [6, 6.07) is 13.8. The number of aryl methyl sites for hydroxylation is 1. The Morgan fingerprint density at radius 3 is 2.53 bits per heavy atom. The van der Waals surface area contributed by atoms with Gasteiger partial charge in [-0.2, -0.15) is 13.2 Å². The fraction of sp³-hybridized carbons (Fsp3) is 0.167. The number of carbonyl (C=O) groups is 1. The van der Waals surface area contributed by atoms with Gasteiger partial charge in [0.25, 0.3) is 0 Å². The average Bonchev–Trinajstić information content (AvgIpc) is 3.19. The Labute approximate surface area is 182 Å². The van der Waals surface area contributed by atoms with Crippen molar-refractivity contribution in [3.63, 3.8) is 0 Å². The molecule has 164 valence electrons. The average molecular weight is 439 g/mol. The second-order valence-electron chi connectivity index (χ2n) is 7.38. The molecule has 0 spiro atoms. The summed E-state index contributed by atoms with van der Waals surface area (Å²) >= 11 is 0. The van der Waals surface area contributed by atoms with Gasteiger partial charge in [0.2, 0.25) is 5.91 Å². The van der Waals surface area contributed by atoms with Gasteiger partial charge in [-0.1, -0.05) is 18.2 Å². The van der Waals surface area contributed by atoms with E-state index in [0.717, 1.165) is 34.6 Å². The van der Waals surface area contributed by atoms with Crippen LogP contribution in [-0.2, 0) is 17.4 Å². The van der Waals surface area contributed by atoms with Crippen LogP contribution in [0.3, 0.4) is 0 Å². The predicted molar refractivity (Wildman–Crippen MR) is 116 cm³/mol. The molecule has 1 amide bonds. The van der Waals surface area contributed by atoms with Crippen LogP contribution in [-0.4, -0.2) is 22.4 Å². The molecule has 0 bridgehead atoms. The molecule has 0 aliphatic carbocycles. The number of amides is 1. The predicted octanol–water partition coefficient (Wildman–Crippen LogP) is 5.52. The van der Waals surface area contributed by atoms with Gasteiger partial charge in [0.1, 0.15) is 11.4 Å². The number of alkyl halides is 3. The Bertz CT molecular complexity index is 1280. The Morgan fingerprint density at radius 2 is 1.88 bits per heavy atom. The summed E-state index contributed by atoms with van der Waals surface area (Å²) in [4.78, 5) is 17.2. The topological polar surface area (TPSA) is 55.6 Å². The molecule has 4 aromatic rings. The maximum absolute atomic E-state index is 12.7. The minimum atomic E-state index is -4.41. The number of anilines is 1. The van der Waals surface area contributed by atoms with Crippen molar-refractivity contribution in [2.24, 2.45) is 0 Å². The normalized spacial score (nSPS) is 11.5. The third kappa shape index (κ3) is 4.44. The van der Waals surface area contributed by atoms with E-state index in [1.54, 1.807) is 12.1 Å². The quantitative estimate of drug-likeness (QED) is 0.446. The molecule has 5 nitrogen and oxygen atoms in total. The summed E-state index contributed by atoms with van der Waals surface area (Å²) in [7, 11) is 1.49. The number of benzene rings is 2. The van der Waals surface area contributed by atoms with Gasteiger partial charge in [-0.25, -0.2) is 4.98 Å².